The van der Waals surface area contributed by atoms with E-state index in [-0.39, 0.29) is 17.9 Å². The van der Waals surface area contributed by atoms with E-state index in [0.29, 0.717) is 19.1 Å². The fourth-order valence-corrected chi connectivity index (χ4v) is 3.95. The van der Waals surface area contributed by atoms with Crippen LogP contribution >= 0.6 is 0 Å². The first-order valence-electron chi connectivity index (χ1n) is 10.5. The van der Waals surface area contributed by atoms with Gasteiger partial charge in [0.25, 0.3) is 0 Å². The largest absolute Gasteiger partial charge is 0.493 e. The highest BCUT2D eigenvalue weighted by molar-refractivity contribution is 5.86. The van der Waals surface area contributed by atoms with Crippen LogP contribution in [0.5, 0.6) is 11.5 Å². The Kier molecular flexibility index (Phi) is 9.73. The number of amides is 1. The second-order valence-electron chi connectivity index (χ2n) is 7.53. The third kappa shape index (κ3) is 6.52. The zero-order valence-corrected chi connectivity index (χ0v) is 18.7. The molecule has 0 aliphatic heterocycles. The Morgan fingerprint density at radius 3 is 2.40 bits per heavy atom. The number of rotatable bonds is 10. The van der Waals surface area contributed by atoms with Crippen LogP contribution in [0.1, 0.15) is 37.7 Å². The van der Waals surface area contributed by atoms with Crippen molar-refractivity contribution in [1.82, 2.24) is 16.0 Å². The molecule has 0 unspecified atom stereocenters. The summed E-state index contributed by atoms with van der Waals surface area (Å²) in [6.45, 7) is 1.87. The third-order valence-corrected chi connectivity index (χ3v) is 5.67. The van der Waals surface area contributed by atoms with Crippen molar-refractivity contribution in [3.8, 4) is 11.5 Å². The molecule has 1 saturated carbocycles. The first kappa shape index (κ1) is 23.8. The molecular formula is C22H36N4O4. The molecule has 1 aromatic rings. The molecule has 1 aliphatic carbocycles. The maximum Gasteiger partial charge on any atom is 0.239 e. The molecular weight excluding hydrogens is 384 g/mol. The Balaban J connectivity index is 2.04. The van der Waals surface area contributed by atoms with Crippen molar-refractivity contribution in [2.45, 2.75) is 37.5 Å². The van der Waals surface area contributed by atoms with Crippen molar-refractivity contribution in [2.24, 2.45) is 4.99 Å². The van der Waals surface area contributed by atoms with E-state index in [2.05, 4.69) is 33.1 Å². The van der Waals surface area contributed by atoms with Crippen LogP contribution in [0.4, 0.5) is 0 Å². The Labute approximate surface area is 179 Å². The lowest BCUT2D eigenvalue weighted by molar-refractivity contribution is -0.120. The number of nitrogens with zero attached hydrogens (tertiary/aromatic N) is 1. The second-order valence-corrected chi connectivity index (χ2v) is 7.53. The molecule has 1 amide bonds. The number of methoxy groups -OCH3 is 3. The number of guanidine groups is 1. The SMILES string of the molecule is CN=C(NCC(=O)NCCOC)NCC1(c2ccc(OC)c(OC)c2)CCCCC1. The molecule has 30 heavy (non-hydrogen) atoms. The fraction of sp³-hybridized carbons (Fsp3) is 0.636. The van der Waals surface area contributed by atoms with Crippen molar-refractivity contribution >= 4 is 11.9 Å². The number of benzene rings is 1. The van der Waals surface area contributed by atoms with Crippen LogP contribution in [0, 0.1) is 0 Å². The van der Waals surface area contributed by atoms with Gasteiger partial charge in [-0.05, 0) is 30.5 Å². The Morgan fingerprint density at radius 2 is 1.77 bits per heavy atom. The van der Waals surface area contributed by atoms with Gasteiger partial charge in [0.05, 0.1) is 27.4 Å². The Bertz CT molecular complexity index is 702. The quantitative estimate of drug-likeness (QED) is 0.304. The van der Waals surface area contributed by atoms with Crippen LogP contribution in [0.3, 0.4) is 0 Å². The number of nitrogens with one attached hydrogen (secondary N) is 3. The minimum Gasteiger partial charge on any atom is -0.493 e. The molecule has 0 saturated heterocycles. The van der Waals surface area contributed by atoms with E-state index < -0.39 is 0 Å². The lowest BCUT2D eigenvalue weighted by Crippen LogP contribution is -2.48. The summed E-state index contributed by atoms with van der Waals surface area (Å²) in [5.41, 5.74) is 1.22. The first-order valence-corrected chi connectivity index (χ1v) is 10.5. The average molecular weight is 421 g/mol. The summed E-state index contributed by atoms with van der Waals surface area (Å²) >= 11 is 0. The van der Waals surface area contributed by atoms with E-state index in [1.807, 2.05) is 6.07 Å². The standard InChI is InChI=1S/C22H36N4O4/c1-23-21(25-15-20(27)24-12-13-28-2)26-16-22(10-6-5-7-11-22)17-8-9-18(29-3)19(14-17)30-4/h8-9,14H,5-7,10-13,15-16H2,1-4H3,(H,24,27)(H2,23,25,26). The van der Waals surface area contributed by atoms with Crippen LogP contribution in [0.2, 0.25) is 0 Å². The lowest BCUT2D eigenvalue weighted by Gasteiger charge is -2.38. The molecule has 1 fully saturated rings. The fourth-order valence-electron chi connectivity index (χ4n) is 3.95. The first-order chi connectivity index (χ1) is 14.6. The number of ether oxygens (including phenoxy) is 3. The molecule has 0 aromatic heterocycles. The molecule has 0 heterocycles. The van der Waals surface area contributed by atoms with E-state index >= 15 is 0 Å². The summed E-state index contributed by atoms with van der Waals surface area (Å²) in [7, 11) is 6.63. The number of hydrogen-bond donors (Lipinski definition) is 3. The van der Waals surface area contributed by atoms with Crippen LogP contribution < -0.4 is 25.4 Å². The number of aliphatic imine (C=N–C) groups is 1. The molecule has 1 aromatic carbocycles. The summed E-state index contributed by atoms with van der Waals surface area (Å²) in [6, 6.07) is 6.20. The van der Waals surface area contributed by atoms with Crippen molar-refractivity contribution in [3.63, 3.8) is 0 Å². The zero-order chi connectivity index (χ0) is 21.8. The number of carbonyl (C=O) groups is 1. The van der Waals surface area contributed by atoms with Crippen LogP contribution in [-0.4, -0.2) is 66.5 Å². The summed E-state index contributed by atoms with van der Waals surface area (Å²) in [6.07, 6.45) is 5.80. The topological polar surface area (TPSA) is 93.2 Å². The van der Waals surface area contributed by atoms with Gasteiger partial charge in [-0.2, -0.15) is 0 Å². The minimum absolute atomic E-state index is 0.0177. The van der Waals surface area contributed by atoms with Gasteiger partial charge >= 0.3 is 0 Å². The van der Waals surface area contributed by atoms with E-state index in [0.717, 1.165) is 30.9 Å². The summed E-state index contributed by atoms with van der Waals surface area (Å²) in [5, 5.41) is 9.31. The van der Waals surface area contributed by atoms with Gasteiger partial charge in [0.2, 0.25) is 5.91 Å². The van der Waals surface area contributed by atoms with Gasteiger partial charge in [-0.25, -0.2) is 0 Å². The van der Waals surface area contributed by atoms with Crippen molar-refractivity contribution < 1.29 is 19.0 Å². The van der Waals surface area contributed by atoms with E-state index in [1.165, 1.54) is 24.8 Å². The molecule has 8 heteroatoms. The van der Waals surface area contributed by atoms with Crippen molar-refractivity contribution in [3.05, 3.63) is 23.8 Å². The van der Waals surface area contributed by atoms with Gasteiger partial charge in [0.1, 0.15) is 0 Å². The lowest BCUT2D eigenvalue weighted by atomic mass is 9.69. The summed E-state index contributed by atoms with van der Waals surface area (Å²) < 4.78 is 15.9. The highest BCUT2D eigenvalue weighted by atomic mass is 16.5. The Hall–Kier alpha value is -2.48. The molecule has 8 nitrogen and oxygen atoms in total. The Morgan fingerprint density at radius 1 is 1.03 bits per heavy atom. The van der Waals surface area contributed by atoms with Gasteiger partial charge in [0.15, 0.2) is 17.5 Å². The smallest absolute Gasteiger partial charge is 0.239 e. The maximum absolute atomic E-state index is 11.9. The highest BCUT2D eigenvalue weighted by Gasteiger charge is 2.34. The molecule has 0 radical (unpaired) electrons. The van der Waals surface area contributed by atoms with Gasteiger partial charge in [-0.15, -0.1) is 0 Å². The number of carbonyl (C=O) groups excluding carboxylic acids is 1. The highest BCUT2D eigenvalue weighted by Crippen LogP contribution is 2.42. The molecule has 2 rings (SSSR count). The monoisotopic (exact) mass is 420 g/mol. The van der Waals surface area contributed by atoms with Gasteiger partial charge in [-0.3, -0.25) is 9.79 Å². The van der Waals surface area contributed by atoms with Gasteiger partial charge in [-0.1, -0.05) is 25.3 Å². The van der Waals surface area contributed by atoms with Gasteiger partial charge < -0.3 is 30.2 Å². The zero-order valence-electron chi connectivity index (χ0n) is 18.7. The normalized spacial score (nSPS) is 15.9. The van der Waals surface area contributed by atoms with Crippen molar-refractivity contribution in [2.75, 3.05) is 54.6 Å². The van der Waals surface area contributed by atoms with Crippen molar-refractivity contribution in [1.29, 1.82) is 0 Å². The predicted molar refractivity (Wildman–Crippen MR) is 119 cm³/mol. The summed E-state index contributed by atoms with van der Waals surface area (Å²) in [5.74, 6) is 2.00. The molecule has 0 atom stereocenters. The van der Waals surface area contributed by atoms with Crippen LogP contribution in [0.15, 0.2) is 23.2 Å². The molecule has 0 spiro atoms. The average Bonchev–Trinajstić information content (AvgIpc) is 2.79. The predicted octanol–water partition coefficient (Wildman–Crippen LogP) is 1.83. The molecule has 168 valence electrons. The molecule has 1 aliphatic rings. The molecule has 0 bridgehead atoms. The second kappa shape index (κ2) is 12.3. The maximum atomic E-state index is 11.9. The number of hydrogen-bond acceptors (Lipinski definition) is 5. The van der Waals surface area contributed by atoms with Crippen LogP contribution in [-0.2, 0) is 14.9 Å². The van der Waals surface area contributed by atoms with Crippen LogP contribution in [0.25, 0.3) is 0 Å². The summed E-state index contributed by atoms with van der Waals surface area (Å²) in [4.78, 5) is 16.2. The molecule has 3 N–H and O–H groups in total. The van der Waals surface area contributed by atoms with E-state index in [1.54, 1.807) is 28.4 Å². The van der Waals surface area contributed by atoms with E-state index in [9.17, 15) is 4.79 Å². The minimum atomic E-state index is -0.0951. The third-order valence-electron chi connectivity index (χ3n) is 5.67. The van der Waals surface area contributed by atoms with E-state index in [4.69, 9.17) is 14.2 Å². The van der Waals surface area contributed by atoms with Gasteiger partial charge in [0, 0.05) is 32.7 Å².